The smallest absolute Gasteiger partial charge is 0.335 e. The maximum atomic E-state index is 12.5. The van der Waals surface area contributed by atoms with E-state index >= 15 is 0 Å². The number of carbonyl (C=O) groups is 2. The first kappa shape index (κ1) is 12.4. The Labute approximate surface area is 115 Å². The third kappa shape index (κ3) is 1.85. The van der Waals surface area contributed by atoms with Gasteiger partial charge in [0, 0.05) is 17.9 Å². The van der Waals surface area contributed by atoms with Gasteiger partial charge in [-0.15, -0.1) is 0 Å². The third-order valence-corrected chi connectivity index (χ3v) is 3.53. The number of aryl methyl sites for hydroxylation is 1. The van der Waals surface area contributed by atoms with Crippen LogP contribution in [0.4, 0.5) is 5.69 Å². The number of hydrogen-bond donors (Lipinski definition) is 2. The van der Waals surface area contributed by atoms with Crippen LogP contribution in [0.15, 0.2) is 24.4 Å². The number of amides is 1. The highest BCUT2D eigenvalue weighted by atomic mass is 16.4. The first-order chi connectivity index (χ1) is 9.58. The molecule has 0 saturated heterocycles. The minimum atomic E-state index is -0.994. The normalized spacial score (nSPS) is 13.3. The van der Waals surface area contributed by atoms with Crippen LogP contribution in [0, 0.1) is 6.92 Å². The number of carboxylic acids is 1. The number of aromatic carboxylic acids is 1. The Kier molecular flexibility index (Phi) is 2.78. The number of anilines is 1. The second kappa shape index (κ2) is 4.48. The Morgan fingerprint density at radius 1 is 1.40 bits per heavy atom. The van der Waals surface area contributed by atoms with Crippen molar-refractivity contribution in [2.24, 2.45) is 0 Å². The van der Waals surface area contributed by atoms with Gasteiger partial charge in [-0.1, -0.05) is 6.07 Å². The highest BCUT2D eigenvalue weighted by Crippen LogP contribution is 2.30. The molecule has 1 aliphatic heterocycles. The fourth-order valence-electron chi connectivity index (χ4n) is 2.43. The summed E-state index contributed by atoms with van der Waals surface area (Å²) in [6, 6.07) is 4.89. The Balaban J connectivity index is 2.00. The molecule has 0 bridgehead atoms. The number of aromatic nitrogens is 2. The van der Waals surface area contributed by atoms with Crippen molar-refractivity contribution in [2.75, 3.05) is 11.4 Å². The van der Waals surface area contributed by atoms with Gasteiger partial charge in [-0.2, -0.15) is 5.10 Å². The van der Waals surface area contributed by atoms with E-state index in [9.17, 15) is 9.59 Å². The van der Waals surface area contributed by atoms with E-state index in [2.05, 4.69) is 10.2 Å². The molecule has 2 aromatic rings. The van der Waals surface area contributed by atoms with E-state index in [1.807, 2.05) is 0 Å². The average Bonchev–Trinajstić information content (AvgIpc) is 3.03. The molecule has 102 valence electrons. The number of H-pyrrole nitrogens is 1. The number of rotatable bonds is 2. The summed E-state index contributed by atoms with van der Waals surface area (Å²) < 4.78 is 0. The number of fused-ring (bicyclic) bond motifs is 1. The molecule has 2 heterocycles. The molecule has 0 saturated carbocycles. The molecule has 3 rings (SSSR count). The molecule has 6 heteroatoms. The van der Waals surface area contributed by atoms with Crippen molar-refractivity contribution in [3.63, 3.8) is 0 Å². The lowest BCUT2D eigenvalue weighted by atomic mass is 10.1. The average molecular weight is 271 g/mol. The number of nitrogens with one attached hydrogen (secondary N) is 1. The van der Waals surface area contributed by atoms with E-state index in [-0.39, 0.29) is 11.5 Å². The van der Waals surface area contributed by atoms with Crippen LogP contribution in [0.1, 0.15) is 32.0 Å². The lowest BCUT2D eigenvalue weighted by Gasteiger charge is -2.17. The number of nitrogens with zero attached hydrogens (tertiary/aromatic N) is 2. The van der Waals surface area contributed by atoms with Crippen LogP contribution in [-0.4, -0.2) is 33.7 Å². The number of aromatic amines is 1. The summed E-state index contributed by atoms with van der Waals surface area (Å²) in [7, 11) is 0. The number of carbonyl (C=O) groups excluding carboxylic acids is 1. The largest absolute Gasteiger partial charge is 0.478 e. The Morgan fingerprint density at radius 3 is 2.85 bits per heavy atom. The van der Waals surface area contributed by atoms with Gasteiger partial charge in [0.05, 0.1) is 17.3 Å². The summed E-state index contributed by atoms with van der Waals surface area (Å²) in [4.78, 5) is 25.1. The van der Waals surface area contributed by atoms with Crippen molar-refractivity contribution in [3.8, 4) is 0 Å². The number of benzene rings is 1. The lowest BCUT2D eigenvalue weighted by molar-refractivity contribution is 0.0696. The molecule has 1 aromatic carbocycles. The predicted molar refractivity (Wildman–Crippen MR) is 72.1 cm³/mol. The molecule has 2 N–H and O–H groups in total. The molecule has 1 aromatic heterocycles. The van der Waals surface area contributed by atoms with Crippen molar-refractivity contribution < 1.29 is 14.7 Å². The Bertz CT molecular complexity index is 705. The molecule has 20 heavy (non-hydrogen) atoms. The number of hydrogen-bond acceptors (Lipinski definition) is 3. The summed E-state index contributed by atoms with van der Waals surface area (Å²) in [5.74, 6) is -1.15. The second-order valence-electron chi connectivity index (χ2n) is 4.76. The zero-order valence-corrected chi connectivity index (χ0v) is 10.9. The van der Waals surface area contributed by atoms with E-state index in [0.29, 0.717) is 23.5 Å². The molecule has 0 unspecified atom stereocenters. The molecule has 0 spiro atoms. The van der Waals surface area contributed by atoms with Crippen LogP contribution in [0.5, 0.6) is 0 Å². The van der Waals surface area contributed by atoms with E-state index in [0.717, 1.165) is 12.0 Å². The quantitative estimate of drug-likeness (QED) is 0.869. The van der Waals surface area contributed by atoms with Gasteiger partial charge in [0.25, 0.3) is 5.91 Å². The van der Waals surface area contributed by atoms with Crippen LogP contribution in [0.2, 0.25) is 0 Å². The summed E-state index contributed by atoms with van der Waals surface area (Å²) in [6.45, 7) is 2.34. The summed E-state index contributed by atoms with van der Waals surface area (Å²) in [6.07, 6.45) is 2.23. The maximum Gasteiger partial charge on any atom is 0.335 e. The summed E-state index contributed by atoms with van der Waals surface area (Å²) >= 11 is 0. The molecular formula is C14H13N3O3. The highest BCUT2D eigenvalue weighted by Gasteiger charge is 2.27. The van der Waals surface area contributed by atoms with Crippen molar-refractivity contribution in [3.05, 3.63) is 46.8 Å². The zero-order chi connectivity index (χ0) is 14.3. The predicted octanol–water partition coefficient (Wildman–Crippen LogP) is 1.62. The first-order valence-electron chi connectivity index (χ1n) is 6.26. The lowest BCUT2D eigenvalue weighted by Crippen LogP contribution is -2.29. The summed E-state index contributed by atoms with van der Waals surface area (Å²) in [5, 5.41) is 15.6. The van der Waals surface area contributed by atoms with Crippen LogP contribution < -0.4 is 4.90 Å². The zero-order valence-electron chi connectivity index (χ0n) is 10.9. The van der Waals surface area contributed by atoms with Gasteiger partial charge in [0.15, 0.2) is 0 Å². The van der Waals surface area contributed by atoms with Crippen molar-refractivity contribution in [1.29, 1.82) is 0 Å². The molecule has 0 atom stereocenters. The SMILES string of the molecule is Cc1[nH]ncc1C(=O)N1CCc2ccc(C(=O)O)cc21. The maximum absolute atomic E-state index is 12.5. The van der Waals surface area contributed by atoms with Crippen LogP contribution >= 0.6 is 0 Å². The second-order valence-corrected chi connectivity index (χ2v) is 4.76. The van der Waals surface area contributed by atoms with Gasteiger partial charge in [-0.3, -0.25) is 9.89 Å². The Hall–Kier alpha value is -2.63. The molecule has 0 fully saturated rings. The van der Waals surface area contributed by atoms with Gasteiger partial charge in [0.2, 0.25) is 0 Å². The van der Waals surface area contributed by atoms with Crippen LogP contribution in [0.25, 0.3) is 0 Å². The van der Waals surface area contributed by atoms with Gasteiger partial charge in [-0.05, 0) is 31.0 Å². The van der Waals surface area contributed by atoms with E-state index in [4.69, 9.17) is 5.11 Å². The number of carboxylic acid groups (broad SMARTS) is 1. The van der Waals surface area contributed by atoms with Crippen molar-refractivity contribution in [2.45, 2.75) is 13.3 Å². The van der Waals surface area contributed by atoms with Crippen LogP contribution in [-0.2, 0) is 6.42 Å². The topological polar surface area (TPSA) is 86.3 Å². The van der Waals surface area contributed by atoms with Crippen molar-refractivity contribution >= 4 is 17.6 Å². The van der Waals surface area contributed by atoms with Gasteiger partial charge < -0.3 is 10.0 Å². The van der Waals surface area contributed by atoms with Gasteiger partial charge in [-0.25, -0.2) is 4.79 Å². The first-order valence-corrected chi connectivity index (χ1v) is 6.26. The minimum absolute atomic E-state index is 0.155. The fraction of sp³-hybridized carbons (Fsp3) is 0.214. The Morgan fingerprint density at radius 2 is 2.20 bits per heavy atom. The van der Waals surface area contributed by atoms with E-state index in [1.165, 1.54) is 6.20 Å². The van der Waals surface area contributed by atoms with E-state index in [1.54, 1.807) is 30.0 Å². The van der Waals surface area contributed by atoms with Crippen LogP contribution in [0.3, 0.4) is 0 Å². The monoisotopic (exact) mass is 271 g/mol. The molecule has 1 aliphatic rings. The third-order valence-electron chi connectivity index (χ3n) is 3.53. The molecule has 0 aliphatic carbocycles. The molecule has 6 nitrogen and oxygen atoms in total. The molecule has 0 radical (unpaired) electrons. The van der Waals surface area contributed by atoms with Gasteiger partial charge in [0.1, 0.15) is 0 Å². The molecular weight excluding hydrogens is 258 g/mol. The molecule has 1 amide bonds. The van der Waals surface area contributed by atoms with E-state index < -0.39 is 5.97 Å². The minimum Gasteiger partial charge on any atom is -0.478 e. The van der Waals surface area contributed by atoms with Gasteiger partial charge >= 0.3 is 5.97 Å². The standard InChI is InChI=1S/C14H13N3O3/c1-8-11(7-15-16-8)13(18)17-5-4-9-2-3-10(14(19)20)6-12(9)17/h2-3,6-7H,4-5H2,1H3,(H,15,16)(H,19,20). The van der Waals surface area contributed by atoms with Crippen molar-refractivity contribution in [1.82, 2.24) is 10.2 Å². The summed E-state index contributed by atoms with van der Waals surface area (Å²) in [5.41, 5.74) is 3.07. The highest BCUT2D eigenvalue weighted by molar-refractivity contribution is 6.08. The fourth-order valence-corrected chi connectivity index (χ4v) is 2.43.